The Morgan fingerprint density at radius 2 is 2.00 bits per heavy atom. The van der Waals surface area contributed by atoms with Crippen molar-refractivity contribution in [2.45, 2.75) is 59.5 Å². The van der Waals surface area contributed by atoms with Crippen LogP contribution in [0.1, 0.15) is 44.5 Å². The summed E-state index contributed by atoms with van der Waals surface area (Å²) in [6.45, 7) is 9.65. The summed E-state index contributed by atoms with van der Waals surface area (Å²) < 4.78 is 1.78. The minimum atomic E-state index is 0.0325. The average Bonchev–Trinajstić information content (AvgIpc) is 3.06. The van der Waals surface area contributed by atoms with Crippen LogP contribution in [0.2, 0.25) is 0 Å². The lowest BCUT2D eigenvalue weighted by atomic mass is 9.92. The molecule has 6 heteroatoms. The zero-order chi connectivity index (χ0) is 17.5. The fraction of sp³-hybridized carbons (Fsp3) is 0.722. The van der Waals surface area contributed by atoms with Gasteiger partial charge in [0.1, 0.15) is 6.54 Å². The van der Waals surface area contributed by atoms with Gasteiger partial charge in [-0.2, -0.15) is 5.10 Å². The van der Waals surface area contributed by atoms with Crippen molar-refractivity contribution in [3.05, 3.63) is 17.5 Å². The summed E-state index contributed by atoms with van der Waals surface area (Å²) in [6.07, 6.45) is 3.03. The van der Waals surface area contributed by atoms with Crippen molar-refractivity contribution in [1.29, 1.82) is 0 Å². The molecule has 1 saturated heterocycles. The van der Waals surface area contributed by atoms with Crippen LogP contribution in [-0.4, -0.2) is 45.6 Å². The Kier molecular flexibility index (Phi) is 4.40. The molecule has 1 atom stereocenters. The van der Waals surface area contributed by atoms with Gasteiger partial charge in [-0.3, -0.25) is 14.3 Å². The van der Waals surface area contributed by atoms with Crippen molar-refractivity contribution in [1.82, 2.24) is 20.0 Å². The quantitative estimate of drug-likeness (QED) is 0.912. The van der Waals surface area contributed by atoms with E-state index in [1.807, 2.05) is 38.7 Å². The van der Waals surface area contributed by atoms with Crippen LogP contribution in [0, 0.1) is 25.2 Å². The zero-order valence-electron chi connectivity index (χ0n) is 15.1. The number of carbonyl (C=O) groups is 2. The molecule has 0 aromatic carbocycles. The number of aryl methyl sites for hydroxylation is 2. The summed E-state index contributed by atoms with van der Waals surface area (Å²) in [4.78, 5) is 26.3. The lowest BCUT2D eigenvalue weighted by Gasteiger charge is -2.33. The van der Waals surface area contributed by atoms with Crippen LogP contribution in [0.3, 0.4) is 0 Å². The number of hydrogen-bond acceptors (Lipinski definition) is 3. The van der Waals surface area contributed by atoms with E-state index in [-0.39, 0.29) is 23.1 Å². The monoisotopic (exact) mass is 332 g/mol. The molecule has 3 rings (SSSR count). The number of amides is 2. The molecule has 1 aliphatic heterocycles. The molecule has 2 fully saturated rings. The molecule has 6 nitrogen and oxygen atoms in total. The highest BCUT2D eigenvalue weighted by atomic mass is 16.2. The predicted molar refractivity (Wildman–Crippen MR) is 91.3 cm³/mol. The molecule has 2 aliphatic rings. The Hall–Kier alpha value is -1.85. The second-order valence-electron chi connectivity index (χ2n) is 7.75. The van der Waals surface area contributed by atoms with Gasteiger partial charge in [0, 0.05) is 30.7 Å². The smallest absolute Gasteiger partial charge is 0.244 e. The molecule has 132 valence electrons. The molecule has 1 saturated carbocycles. The van der Waals surface area contributed by atoms with Crippen LogP contribution < -0.4 is 5.32 Å². The third kappa shape index (κ3) is 3.32. The Morgan fingerprint density at radius 3 is 2.54 bits per heavy atom. The van der Waals surface area contributed by atoms with Gasteiger partial charge < -0.3 is 10.2 Å². The van der Waals surface area contributed by atoms with E-state index in [0.29, 0.717) is 12.6 Å². The number of carbonyl (C=O) groups excluding carboxylic acids is 2. The van der Waals surface area contributed by atoms with Crippen molar-refractivity contribution < 1.29 is 9.59 Å². The highest BCUT2D eigenvalue weighted by molar-refractivity contribution is 5.79. The Bertz CT molecular complexity index is 641. The van der Waals surface area contributed by atoms with Crippen LogP contribution in [0.4, 0.5) is 0 Å². The number of hydrogen-bond donors (Lipinski definition) is 1. The van der Waals surface area contributed by atoms with Crippen molar-refractivity contribution in [3.8, 4) is 0 Å². The Morgan fingerprint density at radius 1 is 1.33 bits per heavy atom. The van der Waals surface area contributed by atoms with Crippen molar-refractivity contribution >= 4 is 11.8 Å². The standard InChI is InChI=1S/C18H28N4O2/c1-12(2)17(24)19-15-10-18(15)5-7-21(8-6-18)16(23)11-22-14(4)9-13(3)20-22/h9,12,15H,5-8,10-11H2,1-4H3,(H,19,24). The number of likely N-dealkylation sites (tertiary alicyclic amines) is 1. The normalized spacial score (nSPS) is 22.0. The molecule has 0 bridgehead atoms. The summed E-state index contributed by atoms with van der Waals surface area (Å²) in [6, 6.07) is 2.30. The van der Waals surface area contributed by atoms with Crippen LogP contribution in [0.25, 0.3) is 0 Å². The summed E-state index contributed by atoms with van der Waals surface area (Å²) in [5.41, 5.74) is 2.20. The van der Waals surface area contributed by atoms with Gasteiger partial charge in [0.2, 0.25) is 11.8 Å². The molecule has 1 spiro atoms. The van der Waals surface area contributed by atoms with E-state index < -0.39 is 0 Å². The van der Waals surface area contributed by atoms with Gasteiger partial charge in [-0.25, -0.2) is 0 Å². The van der Waals surface area contributed by atoms with E-state index >= 15 is 0 Å². The summed E-state index contributed by atoms with van der Waals surface area (Å²) in [5, 5.41) is 7.52. The first-order valence-electron chi connectivity index (χ1n) is 8.90. The van der Waals surface area contributed by atoms with Crippen LogP contribution in [0.15, 0.2) is 6.07 Å². The molecule has 1 unspecified atom stereocenters. The number of nitrogens with zero attached hydrogens (tertiary/aromatic N) is 3. The summed E-state index contributed by atoms with van der Waals surface area (Å²) in [7, 11) is 0. The SMILES string of the molecule is Cc1cc(C)n(CC(=O)N2CCC3(CC2)CC3NC(=O)C(C)C)n1. The van der Waals surface area contributed by atoms with E-state index in [1.54, 1.807) is 4.68 Å². The van der Waals surface area contributed by atoms with Crippen LogP contribution >= 0.6 is 0 Å². The number of piperidine rings is 1. The van der Waals surface area contributed by atoms with Crippen molar-refractivity contribution in [2.75, 3.05) is 13.1 Å². The Balaban J connectivity index is 1.50. The van der Waals surface area contributed by atoms with Gasteiger partial charge in [-0.1, -0.05) is 13.8 Å². The van der Waals surface area contributed by atoms with E-state index in [0.717, 1.165) is 43.7 Å². The van der Waals surface area contributed by atoms with E-state index in [4.69, 9.17) is 0 Å². The second-order valence-corrected chi connectivity index (χ2v) is 7.75. The average molecular weight is 332 g/mol. The molecule has 24 heavy (non-hydrogen) atoms. The molecule has 2 amide bonds. The minimum Gasteiger partial charge on any atom is -0.353 e. The first kappa shape index (κ1) is 17.0. The highest BCUT2D eigenvalue weighted by Crippen LogP contribution is 2.53. The molecular weight excluding hydrogens is 304 g/mol. The third-order valence-corrected chi connectivity index (χ3v) is 5.53. The first-order valence-corrected chi connectivity index (χ1v) is 8.90. The molecule has 1 aromatic rings. The molecule has 1 N–H and O–H groups in total. The van der Waals surface area contributed by atoms with Gasteiger partial charge in [-0.15, -0.1) is 0 Å². The maximum atomic E-state index is 12.5. The van der Waals surface area contributed by atoms with Gasteiger partial charge >= 0.3 is 0 Å². The topological polar surface area (TPSA) is 67.2 Å². The van der Waals surface area contributed by atoms with Gasteiger partial charge in [0.05, 0.1) is 5.69 Å². The number of nitrogens with one attached hydrogen (secondary N) is 1. The maximum absolute atomic E-state index is 12.5. The van der Waals surface area contributed by atoms with Gasteiger partial charge in [-0.05, 0) is 44.6 Å². The maximum Gasteiger partial charge on any atom is 0.244 e. The number of rotatable bonds is 4. The van der Waals surface area contributed by atoms with E-state index in [2.05, 4.69) is 10.4 Å². The lowest BCUT2D eigenvalue weighted by molar-refractivity contribution is -0.134. The van der Waals surface area contributed by atoms with Crippen molar-refractivity contribution in [3.63, 3.8) is 0 Å². The predicted octanol–water partition coefficient (Wildman–Crippen LogP) is 1.65. The third-order valence-electron chi connectivity index (χ3n) is 5.53. The first-order chi connectivity index (χ1) is 11.3. The van der Waals surface area contributed by atoms with Gasteiger partial charge in [0.15, 0.2) is 0 Å². The fourth-order valence-electron chi connectivity index (χ4n) is 3.71. The zero-order valence-corrected chi connectivity index (χ0v) is 15.1. The van der Waals surface area contributed by atoms with Crippen LogP contribution in [0.5, 0.6) is 0 Å². The van der Waals surface area contributed by atoms with E-state index in [1.165, 1.54) is 0 Å². The van der Waals surface area contributed by atoms with Crippen molar-refractivity contribution in [2.24, 2.45) is 11.3 Å². The van der Waals surface area contributed by atoms with Gasteiger partial charge in [0.25, 0.3) is 0 Å². The van der Waals surface area contributed by atoms with E-state index in [9.17, 15) is 9.59 Å². The summed E-state index contributed by atoms with van der Waals surface area (Å²) >= 11 is 0. The summed E-state index contributed by atoms with van der Waals surface area (Å²) in [5.74, 6) is 0.310. The molecule has 1 aliphatic carbocycles. The molecule has 1 aromatic heterocycles. The highest BCUT2D eigenvalue weighted by Gasteiger charge is 2.55. The van der Waals surface area contributed by atoms with Crippen LogP contribution in [-0.2, 0) is 16.1 Å². The molecular formula is C18H28N4O2. The Labute approximate surface area is 143 Å². The lowest BCUT2D eigenvalue weighted by Crippen LogP contribution is -2.43. The second kappa shape index (κ2) is 6.22. The largest absolute Gasteiger partial charge is 0.353 e. The molecule has 2 heterocycles. The minimum absolute atomic E-state index is 0.0325. The number of aromatic nitrogens is 2. The molecule has 0 radical (unpaired) electrons. The fourth-order valence-corrected chi connectivity index (χ4v) is 3.71.